The number of hydrogen-bond acceptors (Lipinski definition) is 2. The zero-order valence-electron chi connectivity index (χ0n) is 7.40. The predicted octanol–water partition coefficient (Wildman–Crippen LogP) is 0.0741. The molecule has 0 saturated heterocycles. The van der Waals surface area contributed by atoms with Gasteiger partial charge in [0.2, 0.25) is 0 Å². The van der Waals surface area contributed by atoms with Crippen LogP contribution in [0.3, 0.4) is 0 Å². The van der Waals surface area contributed by atoms with Crippen LogP contribution in [0.2, 0.25) is 0 Å². The van der Waals surface area contributed by atoms with E-state index in [1.54, 1.807) is 24.3 Å². The van der Waals surface area contributed by atoms with Crippen molar-refractivity contribution in [3.8, 4) is 0 Å². The Morgan fingerprint density at radius 2 is 1.93 bits per heavy atom. The number of aliphatic imine (C=N–C) groups is 1. The number of nitrogen functional groups attached to an aromatic ring is 1. The molecule has 0 fully saturated rings. The standard InChI is InChI=1S/C8H11N5O/c9-5-3-1-2-4-6(5)12-8(14)13-7(10)11/h1-4H,9H2,(H5,10,11,12,13,14). The Bertz CT molecular complexity index is 370. The van der Waals surface area contributed by atoms with Crippen molar-refractivity contribution in [2.75, 3.05) is 11.1 Å². The minimum absolute atomic E-state index is 0.294. The van der Waals surface area contributed by atoms with E-state index in [1.807, 2.05) is 0 Å². The largest absolute Gasteiger partial charge is 0.397 e. The first kappa shape index (κ1) is 9.85. The van der Waals surface area contributed by atoms with Crippen LogP contribution in [0.25, 0.3) is 0 Å². The third kappa shape index (κ3) is 2.67. The molecule has 0 atom stereocenters. The first-order valence-corrected chi connectivity index (χ1v) is 3.84. The van der Waals surface area contributed by atoms with Gasteiger partial charge in [0.05, 0.1) is 11.4 Å². The van der Waals surface area contributed by atoms with Crippen LogP contribution >= 0.6 is 0 Å². The molecule has 0 bridgehead atoms. The highest BCUT2D eigenvalue weighted by Crippen LogP contribution is 2.16. The van der Waals surface area contributed by atoms with Gasteiger partial charge in [0.15, 0.2) is 5.96 Å². The number of para-hydroxylation sites is 2. The van der Waals surface area contributed by atoms with E-state index < -0.39 is 6.03 Å². The lowest BCUT2D eigenvalue weighted by Crippen LogP contribution is -2.25. The second-order valence-electron chi connectivity index (χ2n) is 2.55. The predicted molar refractivity (Wildman–Crippen MR) is 55.7 cm³/mol. The molecule has 0 heterocycles. The van der Waals surface area contributed by atoms with Gasteiger partial charge in [0.1, 0.15) is 0 Å². The van der Waals surface area contributed by atoms with Crippen molar-refractivity contribution < 1.29 is 4.79 Å². The number of guanidine groups is 1. The molecule has 1 aromatic rings. The Hall–Kier alpha value is -2.24. The molecular formula is C8H11N5O. The highest BCUT2D eigenvalue weighted by molar-refractivity contribution is 5.99. The van der Waals surface area contributed by atoms with E-state index in [9.17, 15) is 4.79 Å². The molecule has 1 rings (SSSR count). The molecule has 2 amide bonds. The molecule has 0 spiro atoms. The number of anilines is 2. The Kier molecular flexibility index (Phi) is 2.90. The highest BCUT2D eigenvalue weighted by atomic mass is 16.2. The molecule has 1 aromatic carbocycles. The van der Waals surface area contributed by atoms with Gasteiger partial charge in [-0.2, -0.15) is 4.99 Å². The Labute approximate surface area is 80.8 Å². The fraction of sp³-hybridized carbons (Fsp3) is 0. The van der Waals surface area contributed by atoms with Crippen LogP contribution in [0.1, 0.15) is 0 Å². The molecular weight excluding hydrogens is 182 g/mol. The van der Waals surface area contributed by atoms with E-state index in [0.29, 0.717) is 11.4 Å². The third-order valence-electron chi connectivity index (χ3n) is 1.43. The number of carbonyl (C=O) groups excluding carboxylic acids is 1. The number of hydrogen-bond donors (Lipinski definition) is 4. The second-order valence-corrected chi connectivity index (χ2v) is 2.55. The van der Waals surface area contributed by atoms with Crippen molar-refractivity contribution >= 4 is 23.4 Å². The van der Waals surface area contributed by atoms with Gasteiger partial charge in [0.25, 0.3) is 0 Å². The maximum atomic E-state index is 11.1. The van der Waals surface area contributed by atoms with E-state index >= 15 is 0 Å². The van der Waals surface area contributed by atoms with Crippen molar-refractivity contribution in [2.24, 2.45) is 16.5 Å². The van der Waals surface area contributed by atoms with Gasteiger partial charge in [0, 0.05) is 0 Å². The number of nitrogens with zero attached hydrogens (tertiary/aromatic N) is 1. The average molecular weight is 193 g/mol. The lowest BCUT2D eigenvalue weighted by Gasteiger charge is -2.04. The monoisotopic (exact) mass is 193 g/mol. The Balaban J connectivity index is 2.75. The van der Waals surface area contributed by atoms with Crippen molar-refractivity contribution in [2.45, 2.75) is 0 Å². The summed E-state index contributed by atoms with van der Waals surface area (Å²) in [6.45, 7) is 0. The van der Waals surface area contributed by atoms with E-state index in [-0.39, 0.29) is 5.96 Å². The summed E-state index contributed by atoms with van der Waals surface area (Å²) in [5.74, 6) is -0.294. The molecule has 0 aliphatic heterocycles. The lowest BCUT2D eigenvalue weighted by atomic mass is 10.3. The topological polar surface area (TPSA) is 120 Å². The smallest absolute Gasteiger partial charge is 0.348 e. The SMILES string of the molecule is NC(N)=NC(=O)Nc1ccccc1N. The van der Waals surface area contributed by atoms with Crippen LogP contribution in [0.5, 0.6) is 0 Å². The molecule has 0 saturated carbocycles. The van der Waals surface area contributed by atoms with Crippen molar-refractivity contribution in [3.05, 3.63) is 24.3 Å². The number of nitrogens with one attached hydrogen (secondary N) is 1. The molecule has 0 aliphatic carbocycles. The number of rotatable bonds is 1. The van der Waals surface area contributed by atoms with Crippen LogP contribution < -0.4 is 22.5 Å². The number of amides is 2. The van der Waals surface area contributed by atoms with Gasteiger partial charge >= 0.3 is 6.03 Å². The van der Waals surface area contributed by atoms with Crippen LogP contribution in [0, 0.1) is 0 Å². The van der Waals surface area contributed by atoms with Gasteiger partial charge in [-0.1, -0.05) is 12.1 Å². The zero-order valence-corrected chi connectivity index (χ0v) is 7.40. The number of nitrogens with two attached hydrogens (primary N) is 3. The molecule has 7 N–H and O–H groups in total. The third-order valence-corrected chi connectivity index (χ3v) is 1.43. The van der Waals surface area contributed by atoms with Gasteiger partial charge in [-0.05, 0) is 12.1 Å². The zero-order chi connectivity index (χ0) is 10.6. The molecule has 14 heavy (non-hydrogen) atoms. The van der Waals surface area contributed by atoms with Crippen molar-refractivity contribution in [1.29, 1.82) is 0 Å². The average Bonchev–Trinajstić information content (AvgIpc) is 2.07. The summed E-state index contributed by atoms with van der Waals surface area (Å²) in [5, 5.41) is 2.43. The number of benzene rings is 1. The van der Waals surface area contributed by atoms with Crippen molar-refractivity contribution in [3.63, 3.8) is 0 Å². The van der Waals surface area contributed by atoms with Crippen LogP contribution in [0.15, 0.2) is 29.3 Å². The van der Waals surface area contributed by atoms with E-state index in [1.165, 1.54) is 0 Å². The second kappa shape index (κ2) is 4.13. The molecule has 0 radical (unpaired) electrons. The number of carbonyl (C=O) groups is 1. The first-order valence-electron chi connectivity index (χ1n) is 3.84. The summed E-state index contributed by atoms with van der Waals surface area (Å²) in [7, 11) is 0. The minimum atomic E-state index is -0.650. The highest BCUT2D eigenvalue weighted by Gasteiger charge is 2.02. The minimum Gasteiger partial charge on any atom is -0.397 e. The molecule has 0 aliphatic rings. The normalized spacial score (nSPS) is 9.14. The van der Waals surface area contributed by atoms with Gasteiger partial charge < -0.3 is 22.5 Å². The first-order chi connectivity index (χ1) is 6.59. The molecule has 6 nitrogen and oxygen atoms in total. The molecule has 74 valence electrons. The molecule has 0 aromatic heterocycles. The van der Waals surface area contributed by atoms with E-state index in [0.717, 1.165) is 0 Å². The summed E-state index contributed by atoms with van der Waals surface area (Å²) in [6.07, 6.45) is 0. The van der Waals surface area contributed by atoms with Gasteiger partial charge in [-0.25, -0.2) is 4.79 Å². The molecule has 6 heteroatoms. The molecule has 0 unspecified atom stereocenters. The summed E-state index contributed by atoms with van der Waals surface area (Å²) in [5.41, 5.74) is 16.5. The Morgan fingerprint density at radius 1 is 1.29 bits per heavy atom. The maximum Gasteiger partial charge on any atom is 0.348 e. The van der Waals surface area contributed by atoms with E-state index in [2.05, 4.69) is 10.3 Å². The fourth-order valence-electron chi connectivity index (χ4n) is 0.871. The fourth-order valence-corrected chi connectivity index (χ4v) is 0.871. The maximum absolute atomic E-state index is 11.1. The number of urea groups is 1. The van der Waals surface area contributed by atoms with E-state index in [4.69, 9.17) is 17.2 Å². The summed E-state index contributed by atoms with van der Waals surface area (Å²) in [6, 6.07) is 6.15. The van der Waals surface area contributed by atoms with Gasteiger partial charge in [-0.15, -0.1) is 0 Å². The summed E-state index contributed by atoms with van der Waals surface area (Å²) < 4.78 is 0. The summed E-state index contributed by atoms with van der Waals surface area (Å²) in [4.78, 5) is 14.3. The lowest BCUT2D eigenvalue weighted by molar-refractivity contribution is 0.259. The Morgan fingerprint density at radius 3 is 2.50 bits per heavy atom. The summed E-state index contributed by atoms with van der Waals surface area (Å²) >= 11 is 0. The van der Waals surface area contributed by atoms with Crippen LogP contribution in [0.4, 0.5) is 16.2 Å². The van der Waals surface area contributed by atoms with Crippen LogP contribution in [-0.2, 0) is 0 Å². The van der Waals surface area contributed by atoms with Gasteiger partial charge in [-0.3, -0.25) is 0 Å². The van der Waals surface area contributed by atoms with Crippen molar-refractivity contribution in [1.82, 2.24) is 0 Å². The quantitative estimate of drug-likeness (QED) is 0.286. The van der Waals surface area contributed by atoms with Crippen LogP contribution in [-0.4, -0.2) is 12.0 Å².